The highest BCUT2D eigenvalue weighted by Gasteiger charge is 2.12. The van der Waals surface area contributed by atoms with Crippen LogP contribution in [0.25, 0.3) is 0 Å². The van der Waals surface area contributed by atoms with E-state index in [2.05, 4.69) is 4.98 Å². The van der Waals surface area contributed by atoms with Crippen molar-refractivity contribution in [3.8, 4) is 0 Å². The van der Waals surface area contributed by atoms with Crippen molar-refractivity contribution in [3.63, 3.8) is 0 Å². The van der Waals surface area contributed by atoms with Crippen molar-refractivity contribution in [1.82, 2.24) is 9.55 Å². The Morgan fingerprint density at radius 1 is 1.56 bits per heavy atom. The average Bonchev–Trinajstić information content (AvgIpc) is 2.84. The molecule has 0 aliphatic heterocycles. The molecule has 0 saturated heterocycles. The fourth-order valence-corrected chi connectivity index (χ4v) is 1.86. The second-order valence-corrected chi connectivity index (χ2v) is 4.03. The highest BCUT2D eigenvalue weighted by molar-refractivity contribution is 5.19. The van der Waals surface area contributed by atoms with Gasteiger partial charge in [0.05, 0.1) is 6.26 Å². The van der Waals surface area contributed by atoms with Crippen LogP contribution in [0.4, 0.5) is 0 Å². The molecule has 2 rings (SSSR count). The summed E-state index contributed by atoms with van der Waals surface area (Å²) in [4.78, 5) is 4.28. The van der Waals surface area contributed by atoms with Crippen LogP contribution in [0.15, 0.2) is 29.1 Å². The molecule has 0 aliphatic rings. The fraction of sp³-hybridized carbons (Fsp3) is 0.417. The molecule has 0 spiro atoms. The summed E-state index contributed by atoms with van der Waals surface area (Å²) in [6, 6.07) is 1.97. The quantitative estimate of drug-likeness (QED) is 0.855. The van der Waals surface area contributed by atoms with Crippen molar-refractivity contribution in [2.75, 3.05) is 0 Å². The van der Waals surface area contributed by atoms with Gasteiger partial charge in [-0.3, -0.25) is 0 Å². The molecule has 1 unspecified atom stereocenters. The van der Waals surface area contributed by atoms with E-state index in [1.165, 1.54) is 0 Å². The number of aromatic nitrogens is 2. The first-order valence-electron chi connectivity index (χ1n) is 5.44. The zero-order chi connectivity index (χ0) is 11.5. The number of furan rings is 1. The van der Waals surface area contributed by atoms with Crippen LogP contribution in [0.5, 0.6) is 0 Å². The minimum absolute atomic E-state index is 0.0236. The van der Waals surface area contributed by atoms with Gasteiger partial charge in [0.25, 0.3) is 0 Å². The molecule has 2 N–H and O–H groups in total. The summed E-state index contributed by atoms with van der Waals surface area (Å²) >= 11 is 0. The molecule has 0 aliphatic carbocycles. The first kappa shape index (κ1) is 11.0. The van der Waals surface area contributed by atoms with Gasteiger partial charge in [-0.05, 0) is 19.4 Å². The standard InChI is InChI=1S/C12H17N3O/c1-9-10(5-8-16-9)11(13)3-4-12-14-6-7-15(12)2/h5-8,11H,3-4,13H2,1-2H3. The van der Waals surface area contributed by atoms with E-state index in [0.29, 0.717) is 0 Å². The monoisotopic (exact) mass is 219 g/mol. The minimum atomic E-state index is 0.0236. The molecule has 4 nitrogen and oxygen atoms in total. The predicted octanol–water partition coefficient (Wildman–Crippen LogP) is 1.95. The number of rotatable bonds is 4. The molecule has 2 aromatic rings. The summed E-state index contributed by atoms with van der Waals surface area (Å²) in [5.74, 6) is 1.98. The normalized spacial score (nSPS) is 12.9. The molecule has 0 saturated carbocycles. The van der Waals surface area contributed by atoms with E-state index in [-0.39, 0.29) is 6.04 Å². The third-order valence-corrected chi connectivity index (χ3v) is 2.90. The summed E-state index contributed by atoms with van der Waals surface area (Å²) in [5.41, 5.74) is 7.20. The van der Waals surface area contributed by atoms with E-state index in [4.69, 9.17) is 10.2 Å². The molecule has 1 atom stereocenters. The summed E-state index contributed by atoms with van der Waals surface area (Å²) in [5, 5.41) is 0. The molecule has 16 heavy (non-hydrogen) atoms. The van der Waals surface area contributed by atoms with Crippen LogP contribution in [-0.2, 0) is 13.5 Å². The van der Waals surface area contributed by atoms with Crippen molar-refractivity contribution in [2.45, 2.75) is 25.8 Å². The van der Waals surface area contributed by atoms with Gasteiger partial charge >= 0.3 is 0 Å². The Morgan fingerprint density at radius 3 is 2.94 bits per heavy atom. The molecule has 0 fully saturated rings. The van der Waals surface area contributed by atoms with Gasteiger partial charge in [0, 0.05) is 37.5 Å². The largest absolute Gasteiger partial charge is 0.469 e. The Balaban J connectivity index is 1.97. The lowest BCUT2D eigenvalue weighted by Crippen LogP contribution is -2.12. The number of nitrogens with two attached hydrogens (primary N) is 1. The lowest BCUT2D eigenvalue weighted by atomic mass is 10.0. The van der Waals surface area contributed by atoms with Crippen molar-refractivity contribution >= 4 is 0 Å². The predicted molar refractivity (Wildman–Crippen MR) is 61.9 cm³/mol. The molecular formula is C12H17N3O. The SMILES string of the molecule is Cc1occc1C(N)CCc1nccn1C. The van der Waals surface area contributed by atoms with Gasteiger partial charge in [0.2, 0.25) is 0 Å². The molecule has 2 aromatic heterocycles. The van der Waals surface area contributed by atoms with Crippen molar-refractivity contribution in [2.24, 2.45) is 12.8 Å². The number of aryl methyl sites for hydroxylation is 3. The molecule has 2 heterocycles. The number of nitrogens with zero attached hydrogens (tertiary/aromatic N) is 2. The van der Waals surface area contributed by atoms with Gasteiger partial charge < -0.3 is 14.7 Å². The summed E-state index contributed by atoms with van der Waals surface area (Å²) in [6.45, 7) is 1.94. The lowest BCUT2D eigenvalue weighted by Gasteiger charge is -2.10. The molecule has 4 heteroatoms. The summed E-state index contributed by atoms with van der Waals surface area (Å²) < 4.78 is 7.27. The van der Waals surface area contributed by atoms with Crippen LogP contribution in [0.3, 0.4) is 0 Å². The zero-order valence-corrected chi connectivity index (χ0v) is 9.68. The van der Waals surface area contributed by atoms with Crippen LogP contribution in [-0.4, -0.2) is 9.55 Å². The van der Waals surface area contributed by atoms with Crippen molar-refractivity contribution in [3.05, 3.63) is 41.9 Å². The number of imidazole rings is 1. The summed E-state index contributed by atoms with van der Waals surface area (Å²) in [7, 11) is 2.00. The maximum Gasteiger partial charge on any atom is 0.108 e. The molecule has 0 bridgehead atoms. The van der Waals surface area contributed by atoms with Gasteiger partial charge in [-0.15, -0.1) is 0 Å². The highest BCUT2D eigenvalue weighted by Crippen LogP contribution is 2.20. The third-order valence-electron chi connectivity index (χ3n) is 2.90. The van der Waals surface area contributed by atoms with Crippen LogP contribution in [0, 0.1) is 6.92 Å². The maximum absolute atomic E-state index is 6.11. The topological polar surface area (TPSA) is 57.0 Å². The first-order chi connectivity index (χ1) is 7.68. The van der Waals surface area contributed by atoms with E-state index in [1.807, 2.05) is 37.0 Å². The molecule has 0 aromatic carbocycles. The molecular weight excluding hydrogens is 202 g/mol. The highest BCUT2D eigenvalue weighted by atomic mass is 16.3. The molecule has 86 valence electrons. The van der Waals surface area contributed by atoms with Gasteiger partial charge in [0.15, 0.2) is 0 Å². The number of hydrogen-bond donors (Lipinski definition) is 1. The van der Waals surface area contributed by atoms with Gasteiger partial charge in [-0.1, -0.05) is 0 Å². The van der Waals surface area contributed by atoms with E-state index >= 15 is 0 Å². The Morgan fingerprint density at radius 2 is 2.38 bits per heavy atom. The second-order valence-electron chi connectivity index (χ2n) is 4.03. The van der Waals surface area contributed by atoms with Crippen LogP contribution >= 0.6 is 0 Å². The van der Waals surface area contributed by atoms with Gasteiger partial charge in [-0.2, -0.15) is 0 Å². The van der Waals surface area contributed by atoms with E-state index in [1.54, 1.807) is 6.26 Å². The van der Waals surface area contributed by atoms with E-state index < -0.39 is 0 Å². The van der Waals surface area contributed by atoms with Crippen molar-refractivity contribution in [1.29, 1.82) is 0 Å². The smallest absolute Gasteiger partial charge is 0.108 e. The Kier molecular flexibility index (Phi) is 3.10. The van der Waals surface area contributed by atoms with E-state index in [0.717, 1.165) is 30.0 Å². The van der Waals surface area contributed by atoms with Crippen LogP contribution in [0.2, 0.25) is 0 Å². The lowest BCUT2D eigenvalue weighted by molar-refractivity contribution is 0.519. The Hall–Kier alpha value is -1.55. The van der Waals surface area contributed by atoms with E-state index in [9.17, 15) is 0 Å². The molecule has 0 amide bonds. The number of hydrogen-bond acceptors (Lipinski definition) is 3. The Bertz CT molecular complexity index is 458. The Labute approximate surface area is 95.1 Å². The van der Waals surface area contributed by atoms with Crippen LogP contribution < -0.4 is 5.73 Å². The maximum atomic E-state index is 6.11. The first-order valence-corrected chi connectivity index (χ1v) is 5.44. The average molecular weight is 219 g/mol. The van der Waals surface area contributed by atoms with Gasteiger partial charge in [0.1, 0.15) is 11.6 Å². The third kappa shape index (κ3) is 2.17. The minimum Gasteiger partial charge on any atom is -0.469 e. The summed E-state index contributed by atoms with van der Waals surface area (Å²) in [6.07, 6.45) is 7.21. The fourth-order valence-electron chi connectivity index (χ4n) is 1.86. The van der Waals surface area contributed by atoms with Gasteiger partial charge in [-0.25, -0.2) is 4.98 Å². The zero-order valence-electron chi connectivity index (χ0n) is 9.68. The second kappa shape index (κ2) is 4.53. The van der Waals surface area contributed by atoms with Crippen LogP contribution in [0.1, 0.15) is 29.6 Å². The van der Waals surface area contributed by atoms with Crippen molar-refractivity contribution < 1.29 is 4.42 Å². The molecule has 0 radical (unpaired) electrons.